The van der Waals surface area contributed by atoms with Crippen LogP contribution >= 0.6 is 11.8 Å². The van der Waals surface area contributed by atoms with E-state index >= 15 is 0 Å². The number of hydrogen-bond donors (Lipinski definition) is 3. The molecule has 0 saturated heterocycles. The van der Waals surface area contributed by atoms with E-state index in [1.807, 2.05) is 0 Å². The number of amides is 2. The van der Waals surface area contributed by atoms with Crippen molar-refractivity contribution in [3.8, 4) is 0 Å². The maximum atomic E-state index is 11.9. The summed E-state index contributed by atoms with van der Waals surface area (Å²) in [5.74, 6) is -0.113. The normalized spacial score (nSPS) is 14.3. The van der Waals surface area contributed by atoms with E-state index < -0.39 is 0 Å². The van der Waals surface area contributed by atoms with E-state index in [4.69, 9.17) is 0 Å². The minimum absolute atomic E-state index is 0.0135. The molecule has 1 aliphatic rings. The van der Waals surface area contributed by atoms with Crippen LogP contribution in [0.15, 0.2) is 28.7 Å². The number of nitrogens with one attached hydrogen (secondary N) is 3. The number of hydrogen-bond acceptors (Lipinski definition) is 5. The van der Waals surface area contributed by atoms with Gasteiger partial charge in [-0.05, 0) is 12.8 Å². The van der Waals surface area contributed by atoms with Crippen LogP contribution in [-0.2, 0) is 16.0 Å². The molecule has 1 aromatic rings. The molecule has 0 spiro atoms. The third-order valence-corrected chi connectivity index (χ3v) is 4.49. The van der Waals surface area contributed by atoms with Gasteiger partial charge in [-0.2, -0.15) is 0 Å². The Bertz CT molecular complexity index is 653. The number of thioether (sulfide) groups is 1. The molecule has 0 bridgehead atoms. The third-order valence-electron chi connectivity index (χ3n) is 3.62. The largest absolute Gasteiger partial charge is 0.353 e. The van der Waals surface area contributed by atoms with Gasteiger partial charge in [0.05, 0.1) is 17.9 Å². The Morgan fingerprint density at radius 1 is 1.38 bits per heavy atom. The zero-order chi connectivity index (χ0) is 17.4. The van der Waals surface area contributed by atoms with Gasteiger partial charge in [-0.25, -0.2) is 4.98 Å². The SMILES string of the molecule is C=CCNC(=O)Cc1cc(=O)[nH]c(SCC(=O)NC2CCCC2)n1. The molecule has 0 unspecified atom stereocenters. The van der Waals surface area contributed by atoms with Crippen LogP contribution in [0.25, 0.3) is 0 Å². The van der Waals surface area contributed by atoms with E-state index in [0.29, 0.717) is 17.4 Å². The highest BCUT2D eigenvalue weighted by atomic mass is 32.2. The Kier molecular flexibility index (Phi) is 7.05. The second-order valence-corrected chi connectivity index (χ2v) is 6.61. The van der Waals surface area contributed by atoms with Gasteiger partial charge in [0.2, 0.25) is 11.8 Å². The first-order valence-corrected chi connectivity index (χ1v) is 8.95. The van der Waals surface area contributed by atoms with Gasteiger partial charge < -0.3 is 15.6 Å². The van der Waals surface area contributed by atoms with E-state index in [9.17, 15) is 14.4 Å². The first-order valence-electron chi connectivity index (χ1n) is 7.97. The van der Waals surface area contributed by atoms with Crippen LogP contribution in [0.3, 0.4) is 0 Å². The molecule has 0 radical (unpaired) electrons. The zero-order valence-corrected chi connectivity index (χ0v) is 14.3. The molecular weight excluding hydrogens is 328 g/mol. The van der Waals surface area contributed by atoms with E-state index in [1.54, 1.807) is 6.08 Å². The molecule has 2 rings (SSSR count). The maximum Gasteiger partial charge on any atom is 0.251 e. The monoisotopic (exact) mass is 350 g/mol. The molecule has 24 heavy (non-hydrogen) atoms. The number of aromatic nitrogens is 2. The number of carbonyl (C=O) groups excluding carboxylic acids is 2. The van der Waals surface area contributed by atoms with Crippen LogP contribution in [0, 0.1) is 0 Å². The van der Waals surface area contributed by atoms with Crippen LogP contribution in [0.4, 0.5) is 0 Å². The maximum absolute atomic E-state index is 11.9. The number of H-pyrrole nitrogens is 1. The standard InChI is InChI=1S/C16H22N4O3S/c1-2-7-17-13(21)8-12-9-14(22)20-16(19-12)24-10-15(23)18-11-5-3-4-6-11/h2,9,11H,1,3-8,10H2,(H,17,21)(H,18,23)(H,19,20,22). The lowest BCUT2D eigenvalue weighted by atomic mass is 10.2. The van der Waals surface area contributed by atoms with E-state index in [1.165, 1.54) is 6.07 Å². The van der Waals surface area contributed by atoms with Crippen molar-refractivity contribution in [2.45, 2.75) is 43.3 Å². The van der Waals surface area contributed by atoms with Gasteiger partial charge in [-0.1, -0.05) is 30.7 Å². The molecule has 1 fully saturated rings. The summed E-state index contributed by atoms with van der Waals surface area (Å²) in [5.41, 5.74) is 0.0363. The Labute approximate surface area is 144 Å². The van der Waals surface area contributed by atoms with Crippen molar-refractivity contribution in [2.24, 2.45) is 0 Å². The predicted molar refractivity (Wildman–Crippen MR) is 92.9 cm³/mol. The molecule has 7 nitrogen and oxygen atoms in total. The van der Waals surface area contributed by atoms with Gasteiger partial charge >= 0.3 is 0 Å². The van der Waals surface area contributed by atoms with Crippen molar-refractivity contribution in [2.75, 3.05) is 12.3 Å². The van der Waals surface area contributed by atoms with Crippen molar-refractivity contribution in [1.82, 2.24) is 20.6 Å². The molecule has 0 aliphatic heterocycles. The Balaban J connectivity index is 1.87. The average molecular weight is 350 g/mol. The second-order valence-electron chi connectivity index (χ2n) is 5.65. The molecule has 2 amide bonds. The van der Waals surface area contributed by atoms with Gasteiger partial charge in [0.1, 0.15) is 0 Å². The molecule has 0 atom stereocenters. The summed E-state index contributed by atoms with van der Waals surface area (Å²) in [6, 6.07) is 1.56. The van der Waals surface area contributed by atoms with E-state index in [-0.39, 0.29) is 35.6 Å². The summed E-state index contributed by atoms with van der Waals surface area (Å²) in [7, 11) is 0. The summed E-state index contributed by atoms with van der Waals surface area (Å²) in [5, 5.41) is 5.95. The smallest absolute Gasteiger partial charge is 0.251 e. The van der Waals surface area contributed by atoms with Gasteiger partial charge in [-0.3, -0.25) is 14.4 Å². The Hall–Kier alpha value is -2.09. The van der Waals surface area contributed by atoms with Crippen LogP contribution < -0.4 is 16.2 Å². The summed E-state index contributed by atoms with van der Waals surface area (Å²) in [4.78, 5) is 42.1. The molecule has 130 valence electrons. The van der Waals surface area contributed by atoms with E-state index in [0.717, 1.165) is 37.4 Å². The van der Waals surface area contributed by atoms with Gasteiger partial charge in [0.15, 0.2) is 5.16 Å². The molecule has 0 aromatic carbocycles. The molecule has 3 N–H and O–H groups in total. The van der Waals surface area contributed by atoms with Crippen molar-refractivity contribution >= 4 is 23.6 Å². The topological polar surface area (TPSA) is 104 Å². The van der Waals surface area contributed by atoms with Crippen LogP contribution in [0.5, 0.6) is 0 Å². The summed E-state index contributed by atoms with van der Waals surface area (Å²) in [6.07, 6.45) is 5.96. The zero-order valence-electron chi connectivity index (χ0n) is 13.5. The van der Waals surface area contributed by atoms with Gasteiger partial charge in [0.25, 0.3) is 5.56 Å². The van der Waals surface area contributed by atoms with Gasteiger partial charge in [-0.15, -0.1) is 6.58 Å². The lowest BCUT2D eigenvalue weighted by Crippen LogP contribution is -2.34. The fourth-order valence-electron chi connectivity index (χ4n) is 2.53. The van der Waals surface area contributed by atoms with Crippen molar-refractivity contribution in [3.05, 3.63) is 34.8 Å². The molecule has 1 aromatic heterocycles. The highest BCUT2D eigenvalue weighted by Gasteiger charge is 2.17. The summed E-state index contributed by atoms with van der Waals surface area (Å²) >= 11 is 1.16. The number of carbonyl (C=O) groups is 2. The molecule has 1 heterocycles. The fraction of sp³-hybridized carbons (Fsp3) is 0.500. The quantitative estimate of drug-likeness (QED) is 0.365. The summed E-state index contributed by atoms with van der Waals surface area (Å²) in [6.45, 7) is 3.88. The van der Waals surface area contributed by atoms with Crippen molar-refractivity contribution < 1.29 is 9.59 Å². The number of nitrogens with zero attached hydrogens (tertiary/aromatic N) is 1. The number of aromatic amines is 1. The first kappa shape index (κ1) is 18.3. The minimum atomic E-state index is -0.338. The Morgan fingerprint density at radius 3 is 2.83 bits per heavy atom. The van der Waals surface area contributed by atoms with Crippen LogP contribution in [0.2, 0.25) is 0 Å². The first-order chi connectivity index (χ1) is 11.6. The number of rotatable bonds is 8. The minimum Gasteiger partial charge on any atom is -0.353 e. The Morgan fingerprint density at radius 2 is 2.12 bits per heavy atom. The lowest BCUT2D eigenvalue weighted by Gasteiger charge is -2.11. The molecular formula is C16H22N4O3S. The van der Waals surface area contributed by atoms with Crippen molar-refractivity contribution in [3.63, 3.8) is 0 Å². The lowest BCUT2D eigenvalue weighted by molar-refractivity contribution is -0.120. The highest BCUT2D eigenvalue weighted by molar-refractivity contribution is 7.99. The summed E-state index contributed by atoms with van der Waals surface area (Å²) < 4.78 is 0. The van der Waals surface area contributed by atoms with Gasteiger partial charge in [0, 0.05) is 18.7 Å². The average Bonchev–Trinajstić information content (AvgIpc) is 3.03. The van der Waals surface area contributed by atoms with Crippen LogP contribution in [0.1, 0.15) is 31.4 Å². The third kappa shape index (κ3) is 6.19. The molecule has 1 saturated carbocycles. The van der Waals surface area contributed by atoms with Crippen molar-refractivity contribution in [1.29, 1.82) is 0 Å². The second kappa shape index (κ2) is 9.27. The highest BCUT2D eigenvalue weighted by Crippen LogP contribution is 2.18. The molecule has 1 aliphatic carbocycles. The predicted octanol–water partition coefficient (Wildman–Crippen LogP) is 0.765. The van der Waals surface area contributed by atoms with E-state index in [2.05, 4.69) is 27.2 Å². The fourth-order valence-corrected chi connectivity index (χ4v) is 3.23. The molecule has 8 heteroatoms. The van der Waals surface area contributed by atoms with Crippen LogP contribution in [-0.4, -0.2) is 40.1 Å².